The molecule has 0 unspecified atom stereocenters. The Labute approximate surface area is 65.8 Å². The highest BCUT2D eigenvalue weighted by atomic mass is 15.4. The van der Waals surface area contributed by atoms with Crippen LogP contribution >= 0.6 is 0 Å². The molecule has 2 heterocycles. The van der Waals surface area contributed by atoms with Gasteiger partial charge in [-0.15, -0.1) is 0 Å². The molecule has 0 fully saturated rings. The van der Waals surface area contributed by atoms with Crippen LogP contribution in [-0.2, 0) is 7.05 Å². The van der Waals surface area contributed by atoms with Crippen molar-refractivity contribution in [1.29, 1.82) is 0 Å². The summed E-state index contributed by atoms with van der Waals surface area (Å²) in [6.45, 7) is 2.06. The van der Waals surface area contributed by atoms with Gasteiger partial charge in [0, 0.05) is 27.2 Å². The molecular weight excluding hydrogens is 140 g/mol. The van der Waals surface area contributed by atoms with Gasteiger partial charge in [-0.25, -0.2) is 0 Å². The van der Waals surface area contributed by atoms with Gasteiger partial charge in [-0.3, -0.25) is 4.68 Å². The molecule has 0 atom stereocenters. The monoisotopic (exact) mass is 152 g/mol. The Balaban J connectivity index is 2.48. The first-order valence-corrected chi connectivity index (χ1v) is 3.76. The predicted molar refractivity (Wildman–Crippen MR) is 45.0 cm³/mol. The van der Waals surface area contributed by atoms with Gasteiger partial charge in [0.15, 0.2) is 0 Å². The predicted octanol–water partition coefficient (Wildman–Crippen LogP) is 0.282. The number of anilines is 2. The number of aromatic nitrogens is 2. The summed E-state index contributed by atoms with van der Waals surface area (Å²) in [6.07, 6.45) is 1.87. The number of fused-ring (bicyclic) bond motifs is 1. The van der Waals surface area contributed by atoms with E-state index < -0.39 is 0 Å². The fourth-order valence-electron chi connectivity index (χ4n) is 1.47. The van der Waals surface area contributed by atoms with Crippen LogP contribution in [0.5, 0.6) is 0 Å². The van der Waals surface area contributed by atoms with Crippen molar-refractivity contribution < 1.29 is 0 Å². The van der Waals surface area contributed by atoms with Crippen LogP contribution in [0.2, 0.25) is 0 Å². The first kappa shape index (κ1) is 6.52. The van der Waals surface area contributed by atoms with Gasteiger partial charge in [-0.2, -0.15) is 5.10 Å². The van der Waals surface area contributed by atoms with E-state index in [0.717, 1.165) is 18.8 Å². The quantitative estimate of drug-likeness (QED) is 0.579. The number of aryl methyl sites for hydroxylation is 1. The smallest absolute Gasteiger partial charge is 0.150 e. The summed E-state index contributed by atoms with van der Waals surface area (Å²) in [5.74, 6) is 1.18. The van der Waals surface area contributed by atoms with Crippen LogP contribution in [0.4, 0.5) is 11.5 Å². The number of hydrogen-bond donors (Lipinski definition) is 1. The fourth-order valence-corrected chi connectivity index (χ4v) is 1.47. The van der Waals surface area contributed by atoms with Crippen LogP contribution in [0.3, 0.4) is 0 Å². The molecule has 1 aliphatic heterocycles. The Bertz CT molecular complexity index is 265. The molecule has 4 nitrogen and oxygen atoms in total. The second kappa shape index (κ2) is 2.15. The molecule has 1 aliphatic rings. The minimum absolute atomic E-state index is 1.01. The standard InChI is InChI=1S/C7H12N4/c1-10-4-3-8-6-5-9-11(2)7(6)10/h5,8H,3-4H2,1-2H3. The van der Waals surface area contributed by atoms with E-state index in [4.69, 9.17) is 0 Å². The van der Waals surface area contributed by atoms with E-state index >= 15 is 0 Å². The van der Waals surface area contributed by atoms with Crippen molar-refractivity contribution in [3.63, 3.8) is 0 Å². The number of rotatable bonds is 0. The summed E-state index contributed by atoms with van der Waals surface area (Å²) in [7, 11) is 4.05. The fraction of sp³-hybridized carbons (Fsp3) is 0.571. The molecule has 0 saturated heterocycles. The molecule has 60 valence electrons. The second-order valence-corrected chi connectivity index (χ2v) is 2.85. The van der Waals surface area contributed by atoms with Crippen molar-refractivity contribution in [1.82, 2.24) is 9.78 Å². The van der Waals surface area contributed by atoms with Crippen LogP contribution in [0, 0.1) is 0 Å². The molecule has 0 bridgehead atoms. The minimum Gasteiger partial charge on any atom is -0.379 e. The van der Waals surface area contributed by atoms with Gasteiger partial charge in [0.25, 0.3) is 0 Å². The summed E-state index contributed by atoms with van der Waals surface area (Å²) in [5, 5.41) is 7.45. The van der Waals surface area contributed by atoms with Crippen molar-refractivity contribution in [3.05, 3.63) is 6.20 Å². The van der Waals surface area contributed by atoms with Gasteiger partial charge < -0.3 is 10.2 Å². The molecule has 0 spiro atoms. The third kappa shape index (κ3) is 0.859. The van der Waals surface area contributed by atoms with Gasteiger partial charge in [-0.05, 0) is 0 Å². The number of hydrogen-bond acceptors (Lipinski definition) is 3. The summed E-state index contributed by atoms with van der Waals surface area (Å²) in [5.41, 5.74) is 1.14. The lowest BCUT2D eigenvalue weighted by Crippen LogP contribution is -2.31. The second-order valence-electron chi connectivity index (χ2n) is 2.85. The molecule has 0 saturated carbocycles. The van der Waals surface area contributed by atoms with Crippen LogP contribution < -0.4 is 10.2 Å². The normalized spacial score (nSPS) is 16.0. The zero-order chi connectivity index (χ0) is 7.84. The molecular formula is C7H12N4. The maximum Gasteiger partial charge on any atom is 0.150 e. The van der Waals surface area contributed by atoms with E-state index in [1.807, 2.05) is 17.9 Å². The lowest BCUT2D eigenvalue weighted by atomic mass is 10.3. The van der Waals surface area contributed by atoms with E-state index in [1.54, 1.807) is 0 Å². The first-order chi connectivity index (χ1) is 5.29. The van der Waals surface area contributed by atoms with E-state index in [2.05, 4.69) is 22.4 Å². The van der Waals surface area contributed by atoms with E-state index in [1.165, 1.54) is 5.82 Å². The van der Waals surface area contributed by atoms with Crippen LogP contribution in [0.15, 0.2) is 6.20 Å². The maximum atomic E-state index is 4.16. The third-order valence-corrected chi connectivity index (χ3v) is 2.03. The van der Waals surface area contributed by atoms with Gasteiger partial charge in [0.1, 0.15) is 5.82 Å². The maximum absolute atomic E-state index is 4.16. The van der Waals surface area contributed by atoms with Crippen LogP contribution in [-0.4, -0.2) is 29.9 Å². The molecule has 1 aromatic rings. The van der Waals surface area contributed by atoms with Gasteiger partial charge in [0.2, 0.25) is 0 Å². The molecule has 1 aromatic heterocycles. The summed E-state index contributed by atoms with van der Waals surface area (Å²) in [6, 6.07) is 0. The highest BCUT2D eigenvalue weighted by Gasteiger charge is 2.16. The lowest BCUT2D eigenvalue weighted by molar-refractivity contribution is 0.731. The summed E-state index contributed by atoms with van der Waals surface area (Å²) < 4.78 is 1.89. The Kier molecular flexibility index (Phi) is 1.27. The number of nitrogens with zero attached hydrogens (tertiary/aromatic N) is 3. The zero-order valence-corrected chi connectivity index (χ0v) is 6.83. The van der Waals surface area contributed by atoms with Crippen LogP contribution in [0.25, 0.3) is 0 Å². The molecule has 2 rings (SSSR count). The van der Waals surface area contributed by atoms with Crippen molar-refractivity contribution >= 4 is 11.5 Å². The van der Waals surface area contributed by atoms with Crippen molar-refractivity contribution in [2.45, 2.75) is 0 Å². The molecule has 0 radical (unpaired) electrons. The molecule has 0 amide bonds. The Morgan fingerprint density at radius 1 is 1.55 bits per heavy atom. The van der Waals surface area contributed by atoms with Gasteiger partial charge in [0.05, 0.1) is 11.9 Å². The first-order valence-electron chi connectivity index (χ1n) is 3.76. The van der Waals surface area contributed by atoms with E-state index in [0.29, 0.717) is 0 Å². The Morgan fingerprint density at radius 3 is 3.09 bits per heavy atom. The topological polar surface area (TPSA) is 33.1 Å². The summed E-state index contributed by atoms with van der Waals surface area (Å²) in [4.78, 5) is 2.21. The average molecular weight is 152 g/mol. The molecule has 11 heavy (non-hydrogen) atoms. The van der Waals surface area contributed by atoms with Crippen LogP contribution in [0.1, 0.15) is 0 Å². The van der Waals surface area contributed by atoms with Crippen molar-refractivity contribution in [2.24, 2.45) is 7.05 Å². The number of nitrogens with one attached hydrogen (secondary N) is 1. The van der Waals surface area contributed by atoms with E-state index in [9.17, 15) is 0 Å². The largest absolute Gasteiger partial charge is 0.379 e. The lowest BCUT2D eigenvalue weighted by Gasteiger charge is -2.25. The van der Waals surface area contributed by atoms with Crippen molar-refractivity contribution in [2.75, 3.05) is 30.4 Å². The Hall–Kier alpha value is -1.19. The van der Waals surface area contributed by atoms with E-state index in [-0.39, 0.29) is 0 Å². The van der Waals surface area contributed by atoms with Gasteiger partial charge >= 0.3 is 0 Å². The zero-order valence-electron chi connectivity index (χ0n) is 6.83. The third-order valence-electron chi connectivity index (χ3n) is 2.03. The average Bonchev–Trinajstić information content (AvgIpc) is 2.34. The highest BCUT2D eigenvalue weighted by Crippen LogP contribution is 2.25. The summed E-state index contributed by atoms with van der Waals surface area (Å²) >= 11 is 0. The molecule has 4 heteroatoms. The Morgan fingerprint density at radius 2 is 2.36 bits per heavy atom. The SMILES string of the molecule is CN1CCNc2cnn(C)c21. The van der Waals surface area contributed by atoms with Crippen molar-refractivity contribution in [3.8, 4) is 0 Å². The van der Waals surface area contributed by atoms with Gasteiger partial charge in [-0.1, -0.05) is 0 Å². The minimum atomic E-state index is 1.01. The highest BCUT2D eigenvalue weighted by molar-refractivity contribution is 5.67. The molecule has 0 aromatic carbocycles. The molecule has 0 aliphatic carbocycles. The molecule has 1 N–H and O–H groups in total. The number of likely N-dealkylation sites (N-methyl/N-ethyl adjacent to an activating group) is 1.